The predicted molar refractivity (Wildman–Crippen MR) is 94.4 cm³/mol. The second kappa shape index (κ2) is 9.67. The predicted octanol–water partition coefficient (Wildman–Crippen LogP) is 2.93. The number of anilines is 1. The fourth-order valence-electron chi connectivity index (χ4n) is 2.22. The van der Waals surface area contributed by atoms with Crippen molar-refractivity contribution in [1.82, 2.24) is 4.90 Å². The number of hydrogen-bond donors (Lipinski definition) is 1. The van der Waals surface area contributed by atoms with Gasteiger partial charge in [0.2, 0.25) is 5.91 Å². The number of sulfone groups is 1. The van der Waals surface area contributed by atoms with Crippen LogP contribution in [0, 0.1) is 0 Å². The maximum atomic E-state index is 12.2. The van der Waals surface area contributed by atoms with Crippen molar-refractivity contribution in [2.75, 3.05) is 31.2 Å². The third-order valence-corrected chi connectivity index (χ3v) is 4.72. The van der Waals surface area contributed by atoms with Crippen molar-refractivity contribution < 1.29 is 13.2 Å². The SMILES string of the molecule is CCCCN(CCCC)CC(=O)Nc1ccc(S(C)(=O)=O)cc1. The highest BCUT2D eigenvalue weighted by Crippen LogP contribution is 2.14. The Kier molecular flexibility index (Phi) is 8.26. The van der Waals surface area contributed by atoms with Gasteiger partial charge in [0.15, 0.2) is 9.84 Å². The van der Waals surface area contributed by atoms with Crippen molar-refractivity contribution in [2.24, 2.45) is 0 Å². The highest BCUT2D eigenvalue weighted by Gasteiger charge is 2.11. The maximum absolute atomic E-state index is 12.2. The average Bonchev–Trinajstić information content (AvgIpc) is 2.49. The summed E-state index contributed by atoms with van der Waals surface area (Å²) < 4.78 is 22.8. The van der Waals surface area contributed by atoms with Gasteiger partial charge in [-0.1, -0.05) is 26.7 Å². The zero-order valence-electron chi connectivity index (χ0n) is 14.3. The quantitative estimate of drug-likeness (QED) is 0.711. The van der Waals surface area contributed by atoms with E-state index in [0.717, 1.165) is 38.8 Å². The minimum Gasteiger partial charge on any atom is -0.325 e. The largest absolute Gasteiger partial charge is 0.325 e. The van der Waals surface area contributed by atoms with E-state index in [9.17, 15) is 13.2 Å². The summed E-state index contributed by atoms with van der Waals surface area (Å²) in [4.78, 5) is 14.6. The van der Waals surface area contributed by atoms with Crippen molar-refractivity contribution in [3.05, 3.63) is 24.3 Å². The Morgan fingerprint density at radius 3 is 2.00 bits per heavy atom. The van der Waals surface area contributed by atoms with Gasteiger partial charge in [-0.15, -0.1) is 0 Å². The lowest BCUT2D eigenvalue weighted by Gasteiger charge is -2.21. The van der Waals surface area contributed by atoms with Crippen LogP contribution in [0.1, 0.15) is 39.5 Å². The molecule has 0 aliphatic heterocycles. The van der Waals surface area contributed by atoms with E-state index in [1.807, 2.05) is 0 Å². The van der Waals surface area contributed by atoms with E-state index in [2.05, 4.69) is 24.1 Å². The number of unbranched alkanes of at least 4 members (excludes halogenated alkanes) is 2. The number of rotatable bonds is 10. The van der Waals surface area contributed by atoms with E-state index in [1.54, 1.807) is 12.1 Å². The van der Waals surface area contributed by atoms with Gasteiger partial charge in [0.25, 0.3) is 0 Å². The molecule has 5 nitrogen and oxygen atoms in total. The smallest absolute Gasteiger partial charge is 0.238 e. The minimum absolute atomic E-state index is 0.0655. The van der Waals surface area contributed by atoms with Crippen molar-refractivity contribution in [3.63, 3.8) is 0 Å². The third kappa shape index (κ3) is 7.61. The van der Waals surface area contributed by atoms with Gasteiger partial charge < -0.3 is 5.32 Å². The fraction of sp³-hybridized carbons (Fsp3) is 0.588. The number of hydrogen-bond acceptors (Lipinski definition) is 4. The van der Waals surface area contributed by atoms with Crippen molar-refractivity contribution in [2.45, 2.75) is 44.4 Å². The Labute approximate surface area is 140 Å². The van der Waals surface area contributed by atoms with E-state index in [0.29, 0.717) is 12.2 Å². The Hall–Kier alpha value is -1.40. The van der Waals surface area contributed by atoms with Crippen LogP contribution in [0.25, 0.3) is 0 Å². The number of benzene rings is 1. The van der Waals surface area contributed by atoms with Crippen molar-refractivity contribution in [1.29, 1.82) is 0 Å². The Morgan fingerprint density at radius 1 is 1.04 bits per heavy atom. The number of amides is 1. The van der Waals surface area contributed by atoms with Gasteiger partial charge in [-0.25, -0.2) is 8.42 Å². The lowest BCUT2D eigenvalue weighted by Crippen LogP contribution is -2.34. The van der Waals surface area contributed by atoms with Crippen LogP contribution in [0.5, 0.6) is 0 Å². The molecule has 0 aliphatic rings. The topological polar surface area (TPSA) is 66.5 Å². The number of carbonyl (C=O) groups excluding carboxylic acids is 1. The number of nitrogens with zero attached hydrogens (tertiary/aromatic N) is 1. The molecule has 0 spiro atoms. The summed E-state index contributed by atoms with van der Waals surface area (Å²) in [5.74, 6) is -0.0655. The molecule has 1 aromatic carbocycles. The molecule has 0 saturated heterocycles. The molecule has 1 N–H and O–H groups in total. The summed E-state index contributed by atoms with van der Waals surface area (Å²) >= 11 is 0. The molecule has 0 heterocycles. The van der Waals surface area contributed by atoms with Gasteiger partial charge in [-0.05, 0) is 50.2 Å². The van der Waals surface area contributed by atoms with Crippen molar-refractivity contribution >= 4 is 21.4 Å². The molecule has 0 atom stereocenters. The lowest BCUT2D eigenvalue weighted by atomic mass is 10.2. The van der Waals surface area contributed by atoms with Crippen LogP contribution in [0.4, 0.5) is 5.69 Å². The summed E-state index contributed by atoms with van der Waals surface area (Å²) in [6.45, 7) is 6.50. The zero-order chi connectivity index (χ0) is 17.3. The molecule has 130 valence electrons. The van der Waals surface area contributed by atoms with Crippen molar-refractivity contribution in [3.8, 4) is 0 Å². The van der Waals surface area contributed by atoms with Gasteiger partial charge in [0.1, 0.15) is 0 Å². The summed E-state index contributed by atoms with van der Waals surface area (Å²) in [6, 6.07) is 6.27. The summed E-state index contributed by atoms with van der Waals surface area (Å²) in [7, 11) is -3.21. The van der Waals surface area contributed by atoms with E-state index < -0.39 is 9.84 Å². The van der Waals surface area contributed by atoms with E-state index >= 15 is 0 Å². The first-order valence-corrected chi connectivity index (χ1v) is 10.1. The van der Waals surface area contributed by atoms with Crippen LogP contribution in [0.2, 0.25) is 0 Å². The van der Waals surface area contributed by atoms with Crippen LogP contribution < -0.4 is 5.32 Å². The molecule has 0 radical (unpaired) electrons. The van der Waals surface area contributed by atoms with Gasteiger partial charge >= 0.3 is 0 Å². The zero-order valence-corrected chi connectivity index (χ0v) is 15.2. The molecule has 1 amide bonds. The van der Waals surface area contributed by atoms with Gasteiger partial charge in [0.05, 0.1) is 11.4 Å². The molecular weight excluding hydrogens is 312 g/mol. The molecule has 1 aromatic rings. The summed E-state index contributed by atoms with van der Waals surface area (Å²) in [5.41, 5.74) is 0.619. The second-order valence-electron chi connectivity index (χ2n) is 5.83. The first-order valence-electron chi connectivity index (χ1n) is 8.19. The Morgan fingerprint density at radius 2 is 1.57 bits per heavy atom. The minimum atomic E-state index is -3.21. The Balaban J connectivity index is 2.59. The van der Waals surface area contributed by atoms with Gasteiger partial charge in [0, 0.05) is 11.9 Å². The molecule has 0 aromatic heterocycles. The molecule has 0 saturated carbocycles. The average molecular weight is 340 g/mol. The van der Waals surface area contributed by atoms with E-state index in [1.165, 1.54) is 18.4 Å². The van der Waals surface area contributed by atoms with Gasteiger partial charge in [-0.2, -0.15) is 0 Å². The molecule has 6 heteroatoms. The first-order chi connectivity index (χ1) is 10.9. The summed E-state index contributed by atoms with van der Waals surface area (Å²) in [5, 5.41) is 2.83. The highest BCUT2D eigenvalue weighted by atomic mass is 32.2. The molecular formula is C17H28N2O3S. The molecule has 0 unspecified atom stereocenters. The third-order valence-electron chi connectivity index (χ3n) is 3.59. The number of carbonyl (C=O) groups is 1. The van der Waals surface area contributed by atoms with Crippen LogP contribution >= 0.6 is 0 Å². The summed E-state index contributed by atoms with van der Waals surface area (Å²) in [6.07, 6.45) is 5.55. The molecule has 0 bridgehead atoms. The molecule has 23 heavy (non-hydrogen) atoms. The first kappa shape index (κ1) is 19.6. The van der Waals surface area contributed by atoms with Crippen LogP contribution in [-0.2, 0) is 14.6 Å². The van der Waals surface area contributed by atoms with Crippen LogP contribution in [-0.4, -0.2) is 45.1 Å². The van der Waals surface area contributed by atoms with Crippen LogP contribution in [0.3, 0.4) is 0 Å². The van der Waals surface area contributed by atoms with Crippen LogP contribution in [0.15, 0.2) is 29.2 Å². The monoisotopic (exact) mass is 340 g/mol. The lowest BCUT2D eigenvalue weighted by molar-refractivity contribution is -0.117. The Bertz CT molecular complexity index is 574. The maximum Gasteiger partial charge on any atom is 0.238 e. The van der Waals surface area contributed by atoms with Gasteiger partial charge in [-0.3, -0.25) is 9.69 Å². The molecule has 0 fully saturated rings. The fourth-order valence-corrected chi connectivity index (χ4v) is 2.85. The highest BCUT2D eigenvalue weighted by molar-refractivity contribution is 7.90. The molecule has 1 rings (SSSR count). The normalized spacial score (nSPS) is 11.7. The van der Waals surface area contributed by atoms with E-state index in [-0.39, 0.29) is 10.8 Å². The standard InChI is InChI=1S/C17H28N2O3S/c1-4-6-12-19(13-7-5-2)14-17(20)18-15-8-10-16(11-9-15)23(3,21)22/h8-11H,4-7,12-14H2,1-3H3,(H,18,20). The molecule has 0 aliphatic carbocycles. The number of nitrogens with one attached hydrogen (secondary N) is 1. The van der Waals surface area contributed by atoms with E-state index in [4.69, 9.17) is 0 Å². The second-order valence-corrected chi connectivity index (χ2v) is 7.84.